The van der Waals surface area contributed by atoms with Crippen LogP contribution in [0.3, 0.4) is 0 Å². The van der Waals surface area contributed by atoms with E-state index in [2.05, 4.69) is 20.5 Å². The van der Waals surface area contributed by atoms with Gasteiger partial charge < -0.3 is 5.32 Å². The lowest BCUT2D eigenvalue weighted by Crippen LogP contribution is -2.26. The zero-order valence-corrected chi connectivity index (χ0v) is 11.6. The van der Waals surface area contributed by atoms with Crippen LogP contribution < -0.4 is 5.32 Å². The van der Waals surface area contributed by atoms with Gasteiger partial charge in [0.05, 0.1) is 0 Å². The van der Waals surface area contributed by atoms with Gasteiger partial charge in [-0.2, -0.15) is 0 Å². The molecule has 0 aliphatic carbocycles. The Hall–Kier alpha value is -2.31. The number of carbonyl (C=O) groups is 1. The second-order valence-corrected chi connectivity index (χ2v) is 4.64. The van der Waals surface area contributed by atoms with Gasteiger partial charge in [-0.25, -0.2) is 13.8 Å². The molecule has 0 bridgehead atoms. The monoisotopic (exact) mass is 294 g/mol. The number of amides is 1. The number of hydrogen-bond donors (Lipinski definition) is 2. The summed E-state index contributed by atoms with van der Waals surface area (Å²) in [6.07, 6.45) is 1.96. The molecule has 0 aliphatic heterocycles. The van der Waals surface area contributed by atoms with E-state index in [0.717, 1.165) is 18.9 Å². The smallest absolute Gasteiger partial charge is 0.290 e. The lowest BCUT2D eigenvalue weighted by molar-refractivity contribution is 0.0944. The molecular formula is C14H16F2N4O. The van der Waals surface area contributed by atoms with E-state index < -0.39 is 17.5 Å². The Morgan fingerprint density at radius 3 is 2.62 bits per heavy atom. The molecule has 0 aliphatic rings. The zero-order valence-electron chi connectivity index (χ0n) is 11.6. The third-order valence-electron chi connectivity index (χ3n) is 2.84. The largest absolute Gasteiger partial charge is 0.349 e. The van der Waals surface area contributed by atoms with Crippen LogP contribution in [-0.4, -0.2) is 27.6 Å². The van der Waals surface area contributed by atoms with Gasteiger partial charge in [-0.1, -0.05) is 6.92 Å². The number of benzene rings is 1. The van der Waals surface area contributed by atoms with E-state index in [9.17, 15) is 13.6 Å². The lowest BCUT2D eigenvalue weighted by Gasteiger charge is -2.03. The van der Waals surface area contributed by atoms with E-state index in [1.54, 1.807) is 0 Å². The van der Waals surface area contributed by atoms with Crippen LogP contribution >= 0.6 is 0 Å². The van der Waals surface area contributed by atoms with Crippen LogP contribution in [0.1, 0.15) is 35.4 Å². The molecule has 1 amide bonds. The molecule has 5 nitrogen and oxygen atoms in total. The molecular weight excluding hydrogens is 278 g/mol. The van der Waals surface area contributed by atoms with E-state index in [-0.39, 0.29) is 12.4 Å². The molecule has 7 heteroatoms. The second kappa shape index (κ2) is 6.92. The summed E-state index contributed by atoms with van der Waals surface area (Å²) in [6, 6.07) is 3.29. The number of carbonyl (C=O) groups excluding carboxylic acids is 1. The van der Waals surface area contributed by atoms with Gasteiger partial charge in [0, 0.05) is 19.0 Å². The van der Waals surface area contributed by atoms with Crippen LogP contribution in [-0.2, 0) is 12.8 Å². The first kappa shape index (κ1) is 15.1. The van der Waals surface area contributed by atoms with Gasteiger partial charge in [0.2, 0.25) is 5.82 Å². The van der Waals surface area contributed by atoms with Crippen molar-refractivity contribution in [3.05, 3.63) is 47.0 Å². The fourth-order valence-electron chi connectivity index (χ4n) is 1.90. The normalized spacial score (nSPS) is 10.6. The molecule has 0 atom stereocenters. The van der Waals surface area contributed by atoms with Crippen molar-refractivity contribution in [2.45, 2.75) is 26.2 Å². The van der Waals surface area contributed by atoms with E-state index >= 15 is 0 Å². The highest BCUT2D eigenvalue weighted by Gasteiger charge is 2.11. The minimum absolute atomic E-state index is 0.0730. The maximum absolute atomic E-state index is 13.0. The van der Waals surface area contributed by atoms with E-state index in [1.165, 1.54) is 12.1 Å². The molecule has 21 heavy (non-hydrogen) atoms. The van der Waals surface area contributed by atoms with Crippen LogP contribution in [0.5, 0.6) is 0 Å². The Morgan fingerprint density at radius 2 is 1.95 bits per heavy atom. The van der Waals surface area contributed by atoms with Gasteiger partial charge in [-0.3, -0.25) is 9.89 Å². The van der Waals surface area contributed by atoms with Crippen molar-refractivity contribution < 1.29 is 13.6 Å². The Kier molecular flexibility index (Phi) is 4.97. The summed E-state index contributed by atoms with van der Waals surface area (Å²) in [5, 5.41) is 9.12. The maximum Gasteiger partial charge on any atom is 0.290 e. The first-order chi connectivity index (χ1) is 10.1. The van der Waals surface area contributed by atoms with E-state index in [4.69, 9.17) is 0 Å². The highest BCUT2D eigenvalue weighted by atomic mass is 19.1. The Labute approximate surface area is 120 Å². The number of rotatable bonds is 6. The second-order valence-electron chi connectivity index (χ2n) is 4.64. The number of halogens is 2. The minimum atomic E-state index is -0.630. The average molecular weight is 294 g/mol. The predicted molar refractivity (Wildman–Crippen MR) is 72.8 cm³/mol. The number of nitrogens with zero attached hydrogens (tertiary/aromatic N) is 2. The molecule has 2 aromatic rings. The number of aromatic amines is 1. The summed E-state index contributed by atoms with van der Waals surface area (Å²) in [5.41, 5.74) is 0.481. The standard InChI is InChI=1S/C14H16F2N4O/c1-2-3-12-18-13(20-19-12)14(21)17-5-4-9-6-10(15)8-11(16)7-9/h6-8H,2-5H2,1H3,(H,17,21)(H,18,19,20). The highest BCUT2D eigenvalue weighted by molar-refractivity contribution is 5.90. The summed E-state index contributed by atoms with van der Waals surface area (Å²) in [4.78, 5) is 15.8. The van der Waals surface area contributed by atoms with Gasteiger partial charge in [-0.05, 0) is 30.5 Å². The summed E-state index contributed by atoms with van der Waals surface area (Å²) >= 11 is 0. The van der Waals surface area contributed by atoms with Crippen LogP contribution in [0.15, 0.2) is 18.2 Å². The number of aromatic nitrogens is 3. The SMILES string of the molecule is CCCc1nc(C(=O)NCCc2cc(F)cc(F)c2)n[nH]1. The van der Waals surface area contributed by atoms with Gasteiger partial charge in [-0.15, -0.1) is 5.10 Å². The molecule has 1 aromatic carbocycles. The lowest BCUT2D eigenvalue weighted by atomic mass is 10.1. The van der Waals surface area contributed by atoms with E-state index in [0.29, 0.717) is 17.8 Å². The quantitative estimate of drug-likeness (QED) is 0.856. The first-order valence-corrected chi connectivity index (χ1v) is 6.73. The van der Waals surface area contributed by atoms with Gasteiger partial charge in [0.1, 0.15) is 17.5 Å². The number of aryl methyl sites for hydroxylation is 1. The molecule has 0 spiro atoms. The molecule has 0 fully saturated rings. The van der Waals surface area contributed by atoms with Crippen LogP contribution in [0.25, 0.3) is 0 Å². The van der Waals surface area contributed by atoms with Crippen molar-refractivity contribution in [1.29, 1.82) is 0 Å². The molecule has 0 radical (unpaired) electrons. The van der Waals surface area contributed by atoms with Crippen molar-refractivity contribution in [3.8, 4) is 0 Å². The fraction of sp³-hybridized carbons (Fsp3) is 0.357. The van der Waals surface area contributed by atoms with Gasteiger partial charge in [0.25, 0.3) is 5.91 Å². The van der Waals surface area contributed by atoms with Crippen LogP contribution in [0, 0.1) is 11.6 Å². The van der Waals surface area contributed by atoms with Gasteiger partial charge >= 0.3 is 0 Å². The van der Waals surface area contributed by atoms with Crippen molar-refractivity contribution in [3.63, 3.8) is 0 Å². The molecule has 112 valence electrons. The van der Waals surface area contributed by atoms with Crippen LogP contribution in [0.2, 0.25) is 0 Å². The number of H-pyrrole nitrogens is 1. The third-order valence-corrected chi connectivity index (χ3v) is 2.84. The van der Waals surface area contributed by atoms with Crippen molar-refractivity contribution in [2.24, 2.45) is 0 Å². The number of hydrogen-bond acceptors (Lipinski definition) is 3. The Bertz CT molecular complexity index is 607. The molecule has 2 N–H and O–H groups in total. The molecule has 2 rings (SSSR count). The summed E-state index contributed by atoms with van der Waals surface area (Å²) in [5.74, 6) is -0.937. The highest BCUT2D eigenvalue weighted by Crippen LogP contribution is 2.08. The van der Waals surface area contributed by atoms with Crippen molar-refractivity contribution in [2.75, 3.05) is 6.54 Å². The molecule has 0 saturated carbocycles. The molecule has 1 aromatic heterocycles. The molecule has 0 unspecified atom stereocenters. The average Bonchev–Trinajstić information content (AvgIpc) is 2.86. The zero-order chi connectivity index (χ0) is 15.2. The predicted octanol–water partition coefficient (Wildman–Crippen LogP) is 2.01. The van der Waals surface area contributed by atoms with Crippen LogP contribution in [0.4, 0.5) is 8.78 Å². The summed E-state index contributed by atoms with van der Waals surface area (Å²) in [7, 11) is 0. The van der Waals surface area contributed by atoms with Crippen molar-refractivity contribution >= 4 is 5.91 Å². The third kappa shape index (κ3) is 4.34. The fourth-order valence-corrected chi connectivity index (χ4v) is 1.90. The minimum Gasteiger partial charge on any atom is -0.349 e. The summed E-state index contributed by atoms with van der Waals surface area (Å²) < 4.78 is 26.0. The number of nitrogens with one attached hydrogen (secondary N) is 2. The van der Waals surface area contributed by atoms with E-state index in [1.807, 2.05) is 6.92 Å². The summed E-state index contributed by atoms with van der Waals surface area (Å²) in [6.45, 7) is 2.25. The Morgan fingerprint density at radius 1 is 1.24 bits per heavy atom. The topological polar surface area (TPSA) is 70.7 Å². The van der Waals surface area contributed by atoms with Gasteiger partial charge in [0.15, 0.2) is 0 Å². The van der Waals surface area contributed by atoms with Crippen molar-refractivity contribution in [1.82, 2.24) is 20.5 Å². The maximum atomic E-state index is 13.0. The first-order valence-electron chi connectivity index (χ1n) is 6.73. The molecule has 1 heterocycles. The molecule has 0 saturated heterocycles. The Balaban J connectivity index is 1.86.